The van der Waals surface area contributed by atoms with Crippen molar-refractivity contribution >= 4 is 10.0 Å². The molecule has 1 aliphatic rings. The lowest BCUT2D eigenvalue weighted by Crippen LogP contribution is -2.49. The number of hydrogen-bond acceptors (Lipinski definition) is 3. The Morgan fingerprint density at radius 2 is 1.76 bits per heavy atom. The van der Waals surface area contributed by atoms with E-state index < -0.39 is 10.0 Å². The maximum Gasteiger partial charge on any atom is 0.240 e. The Morgan fingerprint density at radius 3 is 2.41 bits per heavy atom. The summed E-state index contributed by atoms with van der Waals surface area (Å²) in [6.45, 7) is 0. The number of rotatable bonds is 3. The van der Waals surface area contributed by atoms with E-state index in [-0.39, 0.29) is 12.1 Å². The van der Waals surface area contributed by atoms with Gasteiger partial charge < -0.3 is 5.73 Å². The lowest BCUT2D eigenvalue weighted by Gasteiger charge is -2.28. The highest BCUT2D eigenvalue weighted by Crippen LogP contribution is 2.19. The molecule has 2 rings (SSSR count). The third kappa shape index (κ3) is 3.06. The van der Waals surface area contributed by atoms with Gasteiger partial charge in [0, 0.05) is 12.1 Å². The van der Waals surface area contributed by atoms with E-state index in [1.165, 1.54) is 0 Å². The van der Waals surface area contributed by atoms with Gasteiger partial charge in [-0.1, -0.05) is 31.0 Å². The molecule has 0 bridgehead atoms. The Labute approximate surface area is 102 Å². The highest BCUT2D eigenvalue weighted by atomic mass is 32.2. The predicted molar refractivity (Wildman–Crippen MR) is 67.0 cm³/mol. The van der Waals surface area contributed by atoms with E-state index in [4.69, 9.17) is 5.73 Å². The van der Waals surface area contributed by atoms with Crippen molar-refractivity contribution < 1.29 is 8.42 Å². The van der Waals surface area contributed by atoms with Gasteiger partial charge in [0.2, 0.25) is 10.0 Å². The van der Waals surface area contributed by atoms with Gasteiger partial charge in [0.1, 0.15) is 0 Å². The fourth-order valence-corrected chi connectivity index (χ4v) is 3.52. The second-order valence-corrected chi connectivity index (χ2v) is 6.20. The van der Waals surface area contributed by atoms with Crippen molar-refractivity contribution in [2.24, 2.45) is 5.73 Å². The molecule has 0 aliphatic heterocycles. The van der Waals surface area contributed by atoms with E-state index in [9.17, 15) is 8.42 Å². The molecule has 1 fully saturated rings. The quantitative estimate of drug-likeness (QED) is 0.852. The molecule has 0 saturated heterocycles. The minimum atomic E-state index is -3.42. The molecule has 0 spiro atoms. The van der Waals surface area contributed by atoms with Crippen molar-refractivity contribution in [3.63, 3.8) is 0 Å². The highest BCUT2D eigenvalue weighted by molar-refractivity contribution is 7.89. The van der Waals surface area contributed by atoms with E-state index in [1.54, 1.807) is 30.3 Å². The van der Waals surface area contributed by atoms with Crippen molar-refractivity contribution in [2.75, 3.05) is 0 Å². The summed E-state index contributed by atoms with van der Waals surface area (Å²) in [5, 5.41) is 0. The first-order valence-corrected chi connectivity index (χ1v) is 7.41. The van der Waals surface area contributed by atoms with E-state index in [2.05, 4.69) is 4.72 Å². The standard InChI is InChI=1S/C12H18N2O2S/c13-11-8-4-5-9-12(11)14-17(15,16)10-6-2-1-3-7-10/h1-3,6-7,11-12,14H,4-5,8-9,13H2/t11-,12-/m0/s1. The van der Waals surface area contributed by atoms with Crippen LogP contribution in [-0.2, 0) is 10.0 Å². The number of sulfonamides is 1. The van der Waals surface area contributed by atoms with Gasteiger partial charge in [0.25, 0.3) is 0 Å². The second kappa shape index (κ2) is 5.16. The zero-order valence-corrected chi connectivity index (χ0v) is 10.5. The third-order valence-corrected chi connectivity index (χ3v) is 4.69. The maximum atomic E-state index is 12.1. The number of benzene rings is 1. The van der Waals surface area contributed by atoms with Crippen molar-refractivity contribution in [3.8, 4) is 0 Å². The third-order valence-electron chi connectivity index (χ3n) is 3.18. The molecule has 0 aromatic heterocycles. The van der Waals surface area contributed by atoms with Crippen molar-refractivity contribution in [1.82, 2.24) is 4.72 Å². The summed E-state index contributed by atoms with van der Waals surface area (Å²) < 4.78 is 26.9. The van der Waals surface area contributed by atoms with Crippen LogP contribution in [0.15, 0.2) is 35.2 Å². The largest absolute Gasteiger partial charge is 0.326 e. The van der Waals surface area contributed by atoms with Gasteiger partial charge in [-0.3, -0.25) is 0 Å². The fraction of sp³-hybridized carbons (Fsp3) is 0.500. The molecule has 0 heterocycles. The van der Waals surface area contributed by atoms with Gasteiger partial charge in [-0.25, -0.2) is 13.1 Å². The van der Waals surface area contributed by atoms with Crippen LogP contribution in [0.2, 0.25) is 0 Å². The maximum absolute atomic E-state index is 12.1. The van der Waals surface area contributed by atoms with Gasteiger partial charge in [0.05, 0.1) is 4.90 Å². The molecule has 4 nitrogen and oxygen atoms in total. The molecule has 1 aliphatic carbocycles. The van der Waals surface area contributed by atoms with Crippen LogP contribution in [0, 0.1) is 0 Å². The zero-order valence-electron chi connectivity index (χ0n) is 9.67. The summed E-state index contributed by atoms with van der Waals surface area (Å²) in [7, 11) is -3.42. The molecule has 2 atom stereocenters. The highest BCUT2D eigenvalue weighted by Gasteiger charge is 2.26. The van der Waals surface area contributed by atoms with Crippen LogP contribution in [0.3, 0.4) is 0 Å². The Bertz CT molecular complexity index is 459. The molecule has 1 aromatic rings. The first-order chi connectivity index (χ1) is 8.09. The monoisotopic (exact) mass is 254 g/mol. The average molecular weight is 254 g/mol. The van der Waals surface area contributed by atoms with Gasteiger partial charge >= 0.3 is 0 Å². The molecule has 3 N–H and O–H groups in total. The van der Waals surface area contributed by atoms with Crippen molar-refractivity contribution in [2.45, 2.75) is 42.7 Å². The Hall–Kier alpha value is -0.910. The summed E-state index contributed by atoms with van der Waals surface area (Å²) in [5.74, 6) is 0. The summed E-state index contributed by atoms with van der Waals surface area (Å²) in [5.41, 5.74) is 5.94. The predicted octanol–water partition coefficient (Wildman–Crippen LogP) is 1.23. The molecule has 5 heteroatoms. The number of nitrogens with one attached hydrogen (secondary N) is 1. The van der Waals surface area contributed by atoms with Crippen LogP contribution in [-0.4, -0.2) is 20.5 Å². The lowest BCUT2D eigenvalue weighted by molar-refractivity contribution is 0.361. The van der Waals surface area contributed by atoms with Crippen molar-refractivity contribution in [3.05, 3.63) is 30.3 Å². The molecule has 17 heavy (non-hydrogen) atoms. The minimum Gasteiger partial charge on any atom is -0.326 e. The zero-order chi connectivity index (χ0) is 12.3. The van der Waals surface area contributed by atoms with Crippen LogP contribution >= 0.6 is 0 Å². The molecule has 1 aromatic carbocycles. The Morgan fingerprint density at radius 1 is 1.12 bits per heavy atom. The first-order valence-electron chi connectivity index (χ1n) is 5.92. The number of hydrogen-bond donors (Lipinski definition) is 2. The molecular formula is C12H18N2O2S. The summed E-state index contributed by atoms with van der Waals surface area (Å²) in [6, 6.07) is 8.22. The van der Waals surface area contributed by atoms with Crippen LogP contribution in [0.25, 0.3) is 0 Å². The van der Waals surface area contributed by atoms with Crippen LogP contribution in [0.5, 0.6) is 0 Å². The Kier molecular flexibility index (Phi) is 3.81. The molecule has 0 radical (unpaired) electrons. The van der Waals surface area contributed by atoms with E-state index >= 15 is 0 Å². The molecule has 94 valence electrons. The molecule has 1 saturated carbocycles. The first kappa shape index (κ1) is 12.5. The summed E-state index contributed by atoms with van der Waals surface area (Å²) >= 11 is 0. The molecular weight excluding hydrogens is 236 g/mol. The SMILES string of the molecule is N[C@H]1CCCC[C@@H]1NS(=O)(=O)c1ccccc1. The average Bonchev–Trinajstić information content (AvgIpc) is 2.33. The summed E-state index contributed by atoms with van der Waals surface area (Å²) in [4.78, 5) is 0.303. The summed E-state index contributed by atoms with van der Waals surface area (Å²) in [6.07, 6.45) is 3.84. The second-order valence-electron chi connectivity index (χ2n) is 4.49. The van der Waals surface area contributed by atoms with Crippen LogP contribution < -0.4 is 10.5 Å². The normalized spacial score (nSPS) is 25.7. The number of nitrogens with two attached hydrogens (primary N) is 1. The van der Waals surface area contributed by atoms with E-state index in [0.717, 1.165) is 25.7 Å². The van der Waals surface area contributed by atoms with Gasteiger partial charge in [0.15, 0.2) is 0 Å². The van der Waals surface area contributed by atoms with Crippen molar-refractivity contribution in [1.29, 1.82) is 0 Å². The van der Waals surface area contributed by atoms with E-state index in [1.807, 2.05) is 0 Å². The van der Waals surface area contributed by atoms with Gasteiger partial charge in [-0.05, 0) is 25.0 Å². The molecule has 0 amide bonds. The van der Waals surface area contributed by atoms with Gasteiger partial charge in [-0.15, -0.1) is 0 Å². The molecule has 0 unspecified atom stereocenters. The minimum absolute atomic E-state index is 0.0674. The lowest BCUT2D eigenvalue weighted by atomic mass is 9.92. The van der Waals surface area contributed by atoms with Crippen LogP contribution in [0.1, 0.15) is 25.7 Å². The van der Waals surface area contributed by atoms with Crippen LogP contribution in [0.4, 0.5) is 0 Å². The topological polar surface area (TPSA) is 72.2 Å². The van der Waals surface area contributed by atoms with E-state index in [0.29, 0.717) is 4.90 Å². The smallest absolute Gasteiger partial charge is 0.240 e. The fourth-order valence-electron chi connectivity index (χ4n) is 2.17. The van der Waals surface area contributed by atoms with Gasteiger partial charge in [-0.2, -0.15) is 0 Å². The Balaban J connectivity index is 2.12.